The number of anilines is 1. The molecule has 1 heterocycles. The summed E-state index contributed by atoms with van der Waals surface area (Å²) in [5.74, 6) is -1.23. The summed E-state index contributed by atoms with van der Waals surface area (Å²) in [6.07, 6.45) is 0.165. The number of nitrogens with zero attached hydrogens (tertiary/aromatic N) is 1. The number of carbonyl (C=O) groups excluding carboxylic acids is 3. The van der Waals surface area contributed by atoms with Gasteiger partial charge in [0.1, 0.15) is 0 Å². The zero-order valence-electron chi connectivity index (χ0n) is 16.4. The van der Waals surface area contributed by atoms with Gasteiger partial charge in [0.15, 0.2) is 0 Å². The van der Waals surface area contributed by atoms with Gasteiger partial charge in [-0.1, -0.05) is 51.8 Å². The van der Waals surface area contributed by atoms with Gasteiger partial charge >= 0.3 is 5.97 Å². The van der Waals surface area contributed by atoms with Crippen molar-refractivity contribution in [1.82, 2.24) is 5.32 Å². The number of esters is 1. The number of amides is 2. The second-order valence-corrected chi connectivity index (χ2v) is 8.05. The topological polar surface area (TPSA) is 75.7 Å². The van der Waals surface area contributed by atoms with E-state index >= 15 is 0 Å². The summed E-state index contributed by atoms with van der Waals surface area (Å²) in [6.45, 7) is 2.28. The fourth-order valence-electron chi connectivity index (χ4n) is 3.37. The molecule has 2 unspecified atom stereocenters. The van der Waals surface area contributed by atoms with E-state index in [1.54, 1.807) is 4.90 Å². The quantitative estimate of drug-likeness (QED) is 0.671. The van der Waals surface area contributed by atoms with Crippen molar-refractivity contribution >= 4 is 39.4 Å². The molecule has 0 bridgehead atoms. The zero-order chi connectivity index (χ0) is 21.0. The van der Waals surface area contributed by atoms with Crippen LogP contribution in [0.2, 0.25) is 0 Å². The predicted molar refractivity (Wildman–Crippen MR) is 113 cm³/mol. The van der Waals surface area contributed by atoms with Crippen molar-refractivity contribution in [3.05, 3.63) is 64.1 Å². The molecule has 0 spiro atoms. The first kappa shape index (κ1) is 21.0. The van der Waals surface area contributed by atoms with Crippen LogP contribution in [-0.2, 0) is 19.1 Å². The average Bonchev–Trinajstić information content (AvgIpc) is 3.10. The first-order valence-electron chi connectivity index (χ1n) is 9.37. The third-order valence-electron chi connectivity index (χ3n) is 5.01. The van der Waals surface area contributed by atoms with E-state index in [0.717, 1.165) is 21.3 Å². The SMILES string of the molecule is COC(=O)CC(NC(=O)C1CC(=O)N(c2cccc(Br)c2)C1)c1ccc(C)cc1. The van der Waals surface area contributed by atoms with Crippen LogP contribution in [0.25, 0.3) is 0 Å². The Balaban J connectivity index is 1.73. The molecule has 0 saturated carbocycles. The number of nitrogens with one attached hydrogen (secondary N) is 1. The van der Waals surface area contributed by atoms with Gasteiger partial charge in [0.2, 0.25) is 11.8 Å². The lowest BCUT2D eigenvalue weighted by atomic mass is 10.0. The summed E-state index contributed by atoms with van der Waals surface area (Å²) in [4.78, 5) is 38.8. The molecule has 1 fully saturated rings. The summed E-state index contributed by atoms with van der Waals surface area (Å²) >= 11 is 3.41. The second kappa shape index (κ2) is 9.22. The van der Waals surface area contributed by atoms with Crippen LogP contribution in [0.1, 0.15) is 30.0 Å². The van der Waals surface area contributed by atoms with E-state index in [4.69, 9.17) is 4.74 Å². The fourth-order valence-corrected chi connectivity index (χ4v) is 3.75. The number of aryl methyl sites for hydroxylation is 1. The smallest absolute Gasteiger partial charge is 0.307 e. The Bertz CT molecular complexity index is 913. The van der Waals surface area contributed by atoms with E-state index < -0.39 is 17.9 Å². The summed E-state index contributed by atoms with van der Waals surface area (Å²) in [5.41, 5.74) is 2.66. The molecule has 0 aromatic heterocycles. The molecule has 1 aliphatic rings. The maximum atomic E-state index is 12.9. The van der Waals surface area contributed by atoms with Crippen molar-refractivity contribution in [3.63, 3.8) is 0 Å². The number of benzene rings is 2. The van der Waals surface area contributed by atoms with Gasteiger partial charge in [0, 0.05) is 23.1 Å². The molecule has 2 atom stereocenters. The predicted octanol–water partition coefficient (Wildman–Crippen LogP) is 3.53. The van der Waals surface area contributed by atoms with Gasteiger partial charge in [-0.2, -0.15) is 0 Å². The molecule has 0 aliphatic carbocycles. The molecule has 6 nitrogen and oxygen atoms in total. The number of rotatable bonds is 6. The lowest BCUT2D eigenvalue weighted by Crippen LogP contribution is -2.36. The molecule has 1 aliphatic heterocycles. The van der Waals surface area contributed by atoms with Gasteiger partial charge < -0.3 is 15.0 Å². The molecule has 152 valence electrons. The monoisotopic (exact) mass is 458 g/mol. The second-order valence-electron chi connectivity index (χ2n) is 7.14. The summed E-state index contributed by atoms with van der Waals surface area (Å²) in [7, 11) is 1.32. The Kier molecular flexibility index (Phi) is 6.69. The summed E-state index contributed by atoms with van der Waals surface area (Å²) in [5, 5.41) is 2.94. The van der Waals surface area contributed by atoms with Crippen LogP contribution in [0.15, 0.2) is 53.0 Å². The van der Waals surface area contributed by atoms with Gasteiger partial charge in [-0.25, -0.2) is 0 Å². The molecule has 7 heteroatoms. The number of ether oxygens (including phenoxy) is 1. The lowest BCUT2D eigenvalue weighted by Gasteiger charge is -2.21. The Morgan fingerprint density at radius 1 is 1.24 bits per heavy atom. The van der Waals surface area contributed by atoms with Crippen molar-refractivity contribution in [1.29, 1.82) is 0 Å². The Labute approximate surface area is 178 Å². The largest absolute Gasteiger partial charge is 0.469 e. The van der Waals surface area contributed by atoms with E-state index in [1.165, 1.54) is 7.11 Å². The van der Waals surface area contributed by atoms with Crippen molar-refractivity contribution in [3.8, 4) is 0 Å². The molecule has 1 N–H and O–H groups in total. The molecule has 29 heavy (non-hydrogen) atoms. The molecule has 2 aromatic rings. The highest BCUT2D eigenvalue weighted by Gasteiger charge is 2.36. The number of hydrogen-bond donors (Lipinski definition) is 1. The maximum absolute atomic E-state index is 12.9. The third-order valence-corrected chi connectivity index (χ3v) is 5.50. The first-order chi connectivity index (χ1) is 13.9. The van der Waals surface area contributed by atoms with Crippen LogP contribution in [0.5, 0.6) is 0 Å². The van der Waals surface area contributed by atoms with Crippen LogP contribution >= 0.6 is 15.9 Å². The fraction of sp³-hybridized carbons (Fsp3) is 0.318. The van der Waals surface area contributed by atoms with Crippen molar-refractivity contribution in [2.24, 2.45) is 5.92 Å². The van der Waals surface area contributed by atoms with Crippen LogP contribution in [0.4, 0.5) is 5.69 Å². The molecule has 2 aromatic carbocycles. The van der Waals surface area contributed by atoms with E-state index in [-0.39, 0.29) is 24.7 Å². The minimum Gasteiger partial charge on any atom is -0.469 e. The Morgan fingerprint density at radius 2 is 1.97 bits per heavy atom. The number of hydrogen-bond acceptors (Lipinski definition) is 4. The molecule has 1 saturated heterocycles. The van der Waals surface area contributed by atoms with Gasteiger partial charge in [0.05, 0.1) is 25.5 Å². The highest BCUT2D eigenvalue weighted by Crippen LogP contribution is 2.28. The first-order valence-corrected chi connectivity index (χ1v) is 10.2. The van der Waals surface area contributed by atoms with Crippen LogP contribution in [0.3, 0.4) is 0 Å². The van der Waals surface area contributed by atoms with Gasteiger partial charge in [0.25, 0.3) is 0 Å². The van der Waals surface area contributed by atoms with E-state index in [1.807, 2.05) is 55.5 Å². The highest BCUT2D eigenvalue weighted by atomic mass is 79.9. The Morgan fingerprint density at radius 3 is 2.62 bits per heavy atom. The Hall–Kier alpha value is -2.67. The lowest BCUT2D eigenvalue weighted by molar-refractivity contribution is -0.141. The minimum atomic E-state index is -0.509. The number of carbonyl (C=O) groups is 3. The van der Waals surface area contributed by atoms with Crippen molar-refractivity contribution in [2.45, 2.75) is 25.8 Å². The van der Waals surface area contributed by atoms with E-state index in [0.29, 0.717) is 6.54 Å². The van der Waals surface area contributed by atoms with E-state index in [2.05, 4.69) is 21.2 Å². The van der Waals surface area contributed by atoms with Gasteiger partial charge in [-0.05, 0) is 30.7 Å². The number of methoxy groups -OCH3 is 1. The van der Waals surface area contributed by atoms with E-state index in [9.17, 15) is 14.4 Å². The highest BCUT2D eigenvalue weighted by molar-refractivity contribution is 9.10. The zero-order valence-corrected chi connectivity index (χ0v) is 17.9. The maximum Gasteiger partial charge on any atom is 0.307 e. The van der Waals surface area contributed by atoms with Crippen LogP contribution < -0.4 is 10.2 Å². The standard InChI is InChI=1S/C22H23BrN2O4/c1-14-6-8-15(9-7-14)19(12-21(27)29-2)24-22(28)16-10-20(26)25(13-16)18-5-3-4-17(23)11-18/h3-9,11,16,19H,10,12-13H2,1-2H3,(H,24,28). The molecule has 2 amide bonds. The van der Waals surface area contributed by atoms with Crippen LogP contribution in [-0.4, -0.2) is 31.4 Å². The number of halogens is 1. The normalized spacial score (nSPS) is 17.1. The van der Waals surface area contributed by atoms with Crippen molar-refractivity contribution < 1.29 is 19.1 Å². The van der Waals surface area contributed by atoms with Gasteiger partial charge in [-0.3, -0.25) is 14.4 Å². The molecule has 0 radical (unpaired) electrons. The van der Waals surface area contributed by atoms with Crippen LogP contribution in [0, 0.1) is 12.8 Å². The molecular formula is C22H23BrN2O4. The average molecular weight is 459 g/mol. The van der Waals surface area contributed by atoms with Crippen molar-refractivity contribution in [2.75, 3.05) is 18.6 Å². The van der Waals surface area contributed by atoms with Gasteiger partial charge in [-0.15, -0.1) is 0 Å². The minimum absolute atomic E-state index is 0.0291. The summed E-state index contributed by atoms with van der Waals surface area (Å²) < 4.78 is 5.65. The molecular weight excluding hydrogens is 436 g/mol. The molecule has 3 rings (SSSR count). The summed E-state index contributed by atoms with van der Waals surface area (Å²) in [6, 6.07) is 14.6. The third kappa shape index (κ3) is 5.23.